The van der Waals surface area contributed by atoms with E-state index in [9.17, 15) is 4.79 Å². The summed E-state index contributed by atoms with van der Waals surface area (Å²) < 4.78 is 0. The Morgan fingerprint density at radius 1 is 1.53 bits per heavy atom. The molecule has 0 fully saturated rings. The Hall–Kier alpha value is -0.910. The lowest BCUT2D eigenvalue weighted by Crippen LogP contribution is -2.09. The number of carbonyl (C=O) groups excluding carboxylic acids is 1. The largest absolute Gasteiger partial charge is 0.297 e. The van der Waals surface area contributed by atoms with E-state index in [0.29, 0.717) is 15.9 Å². The van der Waals surface area contributed by atoms with Gasteiger partial charge in [-0.2, -0.15) is 0 Å². The first-order chi connectivity index (χ1) is 8.22. The van der Waals surface area contributed by atoms with Crippen LogP contribution in [0.15, 0.2) is 17.5 Å². The van der Waals surface area contributed by atoms with Crippen LogP contribution < -0.4 is 5.32 Å². The second-order valence-electron chi connectivity index (χ2n) is 3.35. The highest BCUT2D eigenvalue weighted by atomic mass is 35.5. The first kappa shape index (κ1) is 12.5. The third-order valence-corrected chi connectivity index (χ3v) is 4.45. The van der Waals surface area contributed by atoms with E-state index in [1.165, 1.54) is 27.6 Å². The van der Waals surface area contributed by atoms with Gasteiger partial charge in [-0.25, -0.2) is 4.98 Å². The second kappa shape index (κ2) is 5.62. The fourth-order valence-corrected chi connectivity index (χ4v) is 3.05. The van der Waals surface area contributed by atoms with E-state index < -0.39 is 0 Å². The number of thiazole rings is 1. The average Bonchev–Trinajstić information content (AvgIpc) is 2.96. The molecular weight excluding hydrogens is 276 g/mol. The van der Waals surface area contributed by atoms with Crippen molar-refractivity contribution in [2.24, 2.45) is 0 Å². The van der Waals surface area contributed by atoms with Crippen LogP contribution in [0.4, 0.5) is 5.13 Å². The topological polar surface area (TPSA) is 42.0 Å². The first-order valence-electron chi connectivity index (χ1n) is 5.13. The molecule has 1 amide bonds. The van der Waals surface area contributed by atoms with E-state index in [1.54, 1.807) is 0 Å². The minimum Gasteiger partial charge on any atom is -0.297 e. The number of anilines is 1. The first-order valence-corrected chi connectivity index (χ1v) is 7.36. The summed E-state index contributed by atoms with van der Waals surface area (Å²) in [5.41, 5.74) is 0.785. The molecule has 0 aliphatic heterocycles. The number of thiophene rings is 1. The summed E-state index contributed by atoms with van der Waals surface area (Å²) >= 11 is 8.55. The number of amides is 1. The van der Waals surface area contributed by atoms with Gasteiger partial charge in [-0.3, -0.25) is 10.1 Å². The van der Waals surface area contributed by atoms with Crippen LogP contribution in [-0.2, 0) is 12.3 Å². The summed E-state index contributed by atoms with van der Waals surface area (Å²) in [7, 11) is 0. The number of hydrogen-bond donors (Lipinski definition) is 1. The molecule has 6 heteroatoms. The number of alkyl halides is 1. The Morgan fingerprint density at radius 2 is 2.35 bits per heavy atom. The van der Waals surface area contributed by atoms with E-state index in [0.717, 1.165) is 12.1 Å². The van der Waals surface area contributed by atoms with Crippen molar-refractivity contribution in [2.45, 2.75) is 19.2 Å². The molecule has 2 aromatic heterocycles. The summed E-state index contributed by atoms with van der Waals surface area (Å²) in [4.78, 5) is 18.0. The molecule has 0 unspecified atom stereocenters. The van der Waals surface area contributed by atoms with Gasteiger partial charge in [0.15, 0.2) is 5.13 Å². The van der Waals surface area contributed by atoms with Gasteiger partial charge in [0, 0.05) is 10.3 Å². The number of nitrogens with zero attached hydrogens (tertiary/aromatic N) is 1. The minimum atomic E-state index is -0.106. The molecule has 0 saturated heterocycles. The lowest BCUT2D eigenvalue weighted by molar-refractivity contribution is 0.103. The third kappa shape index (κ3) is 3.06. The Kier molecular flexibility index (Phi) is 4.15. The standard InChI is InChI=1S/C11H11ClN2OS2/c1-2-8-3-4-9(17-8)10(15)14-11-13-7(5-12)6-16-11/h3-4,6H,2,5H2,1H3,(H,13,14,15). The predicted octanol–water partition coefficient (Wildman–Crippen LogP) is 3.76. The third-order valence-electron chi connectivity index (χ3n) is 2.14. The van der Waals surface area contributed by atoms with Gasteiger partial charge >= 0.3 is 0 Å². The number of carbonyl (C=O) groups is 1. The van der Waals surface area contributed by atoms with Crippen LogP contribution in [0.2, 0.25) is 0 Å². The molecule has 17 heavy (non-hydrogen) atoms. The summed E-state index contributed by atoms with van der Waals surface area (Å²) in [5.74, 6) is 0.260. The minimum absolute atomic E-state index is 0.106. The molecule has 3 nitrogen and oxygen atoms in total. The highest BCUT2D eigenvalue weighted by Gasteiger charge is 2.11. The summed E-state index contributed by atoms with van der Waals surface area (Å²) in [5, 5.41) is 5.21. The van der Waals surface area contributed by atoms with Crippen LogP contribution in [0.5, 0.6) is 0 Å². The maximum absolute atomic E-state index is 11.9. The van der Waals surface area contributed by atoms with Gasteiger partial charge in [0.05, 0.1) is 16.5 Å². The second-order valence-corrected chi connectivity index (χ2v) is 5.64. The van der Waals surface area contributed by atoms with Gasteiger partial charge in [-0.1, -0.05) is 6.92 Å². The fourth-order valence-electron chi connectivity index (χ4n) is 1.27. The number of halogens is 1. The van der Waals surface area contributed by atoms with Crippen molar-refractivity contribution in [3.05, 3.63) is 33.0 Å². The van der Waals surface area contributed by atoms with Gasteiger partial charge < -0.3 is 0 Å². The molecule has 0 aliphatic carbocycles. The van der Waals surface area contributed by atoms with Crippen molar-refractivity contribution in [3.63, 3.8) is 0 Å². The van der Waals surface area contributed by atoms with Gasteiger partial charge in [-0.15, -0.1) is 34.3 Å². The predicted molar refractivity (Wildman–Crippen MR) is 73.3 cm³/mol. The zero-order valence-corrected chi connectivity index (χ0v) is 11.6. The van der Waals surface area contributed by atoms with Crippen molar-refractivity contribution in [3.8, 4) is 0 Å². The molecule has 0 radical (unpaired) electrons. The summed E-state index contributed by atoms with van der Waals surface area (Å²) in [6.45, 7) is 2.07. The quantitative estimate of drug-likeness (QED) is 0.870. The summed E-state index contributed by atoms with van der Waals surface area (Å²) in [6, 6.07) is 3.82. The maximum atomic E-state index is 11.9. The van der Waals surface area contributed by atoms with Gasteiger partial charge in [0.1, 0.15) is 0 Å². The van der Waals surface area contributed by atoms with E-state index in [2.05, 4.69) is 17.2 Å². The zero-order valence-electron chi connectivity index (χ0n) is 9.20. The van der Waals surface area contributed by atoms with Crippen LogP contribution in [0.1, 0.15) is 27.2 Å². The van der Waals surface area contributed by atoms with Crippen molar-refractivity contribution in [2.75, 3.05) is 5.32 Å². The lowest BCUT2D eigenvalue weighted by atomic mass is 10.3. The Bertz CT molecular complexity index is 521. The molecule has 1 N–H and O–H groups in total. The number of nitrogens with one attached hydrogen (secondary N) is 1. The molecule has 0 spiro atoms. The van der Waals surface area contributed by atoms with E-state index in [-0.39, 0.29) is 5.91 Å². The SMILES string of the molecule is CCc1ccc(C(=O)Nc2nc(CCl)cs2)s1. The molecule has 0 atom stereocenters. The molecule has 0 saturated carbocycles. The number of aromatic nitrogens is 1. The molecule has 2 aromatic rings. The maximum Gasteiger partial charge on any atom is 0.267 e. The van der Waals surface area contributed by atoms with E-state index >= 15 is 0 Å². The van der Waals surface area contributed by atoms with Gasteiger partial charge in [0.2, 0.25) is 0 Å². The van der Waals surface area contributed by atoms with Crippen LogP contribution in [0.3, 0.4) is 0 Å². The molecular formula is C11H11ClN2OS2. The average molecular weight is 287 g/mol. The van der Waals surface area contributed by atoms with E-state index in [1.807, 2.05) is 17.5 Å². The van der Waals surface area contributed by atoms with Gasteiger partial charge in [0.25, 0.3) is 5.91 Å². The summed E-state index contributed by atoms with van der Waals surface area (Å²) in [6.07, 6.45) is 0.950. The monoisotopic (exact) mass is 286 g/mol. The van der Waals surface area contributed by atoms with Crippen LogP contribution in [0, 0.1) is 0 Å². The van der Waals surface area contributed by atoms with Crippen LogP contribution in [-0.4, -0.2) is 10.9 Å². The van der Waals surface area contributed by atoms with Crippen molar-refractivity contribution in [1.29, 1.82) is 0 Å². The highest BCUT2D eigenvalue weighted by Crippen LogP contribution is 2.21. The van der Waals surface area contributed by atoms with E-state index in [4.69, 9.17) is 11.6 Å². The number of hydrogen-bond acceptors (Lipinski definition) is 4. The number of aryl methyl sites for hydroxylation is 1. The Labute approximate surface area is 112 Å². The zero-order chi connectivity index (χ0) is 12.3. The molecule has 2 heterocycles. The molecule has 90 valence electrons. The lowest BCUT2D eigenvalue weighted by Gasteiger charge is -1.97. The normalized spacial score (nSPS) is 10.5. The molecule has 2 rings (SSSR count). The van der Waals surface area contributed by atoms with Crippen LogP contribution in [0.25, 0.3) is 0 Å². The van der Waals surface area contributed by atoms with Crippen LogP contribution >= 0.6 is 34.3 Å². The molecule has 0 aliphatic rings. The Balaban J connectivity index is 2.05. The smallest absolute Gasteiger partial charge is 0.267 e. The van der Waals surface area contributed by atoms with Crippen molar-refractivity contribution < 1.29 is 4.79 Å². The molecule has 0 aromatic carbocycles. The fraction of sp³-hybridized carbons (Fsp3) is 0.273. The molecule has 0 bridgehead atoms. The number of rotatable bonds is 4. The van der Waals surface area contributed by atoms with Gasteiger partial charge in [-0.05, 0) is 18.6 Å². The van der Waals surface area contributed by atoms with Crippen molar-refractivity contribution >= 4 is 45.3 Å². The van der Waals surface area contributed by atoms with Crippen molar-refractivity contribution in [1.82, 2.24) is 4.98 Å². The Morgan fingerprint density at radius 3 is 2.94 bits per heavy atom. The highest BCUT2D eigenvalue weighted by molar-refractivity contribution is 7.15.